The minimum atomic E-state index is -0.151. The molecule has 28 heavy (non-hydrogen) atoms. The first-order chi connectivity index (χ1) is 13.6. The molecule has 7 heteroatoms. The van der Waals surface area contributed by atoms with E-state index in [1.54, 1.807) is 16.7 Å². The molecule has 2 aromatic carbocycles. The highest BCUT2D eigenvalue weighted by Crippen LogP contribution is 2.22. The largest absolute Gasteiger partial charge is 0.309 e. The second kappa shape index (κ2) is 7.59. The molecule has 6 nitrogen and oxygen atoms in total. The van der Waals surface area contributed by atoms with Gasteiger partial charge in [0, 0.05) is 6.54 Å². The molecule has 2 aromatic heterocycles. The molecule has 0 amide bonds. The summed E-state index contributed by atoms with van der Waals surface area (Å²) in [6.07, 6.45) is 0.831. The van der Waals surface area contributed by atoms with Crippen molar-refractivity contribution in [3.05, 3.63) is 74.6 Å². The average molecular weight is 392 g/mol. The molecule has 1 N–H and O–H groups in total. The van der Waals surface area contributed by atoms with Crippen molar-refractivity contribution in [3.8, 4) is 0 Å². The van der Waals surface area contributed by atoms with Crippen LogP contribution in [0.4, 0.5) is 0 Å². The second-order valence-corrected chi connectivity index (χ2v) is 7.58. The van der Waals surface area contributed by atoms with E-state index in [4.69, 9.17) is 0 Å². The normalized spacial score (nSPS) is 11.4. The van der Waals surface area contributed by atoms with Gasteiger partial charge in [0.1, 0.15) is 5.82 Å². The monoisotopic (exact) mass is 392 g/mol. The predicted molar refractivity (Wildman–Crippen MR) is 113 cm³/mol. The molecule has 0 saturated carbocycles. The summed E-state index contributed by atoms with van der Waals surface area (Å²) in [7, 11) is 0. The third-order valence-corrected chi connectivity index (χ3v) is 5.59. The Kier molecular flexibility index (Phi) is 5.00. The summed E-state index contributed by atoms with van der Waals surface area (Å²) in [5, 5.41) is 1.84. The van der Waals surface area contributed by atoms with Gasteiger partial charge in [-0.1, -0.05) is 43.0 Å². The maximum Gasteiger partial charge on any atom is 0.262 e. The highest BCUT2D eigenvalue weighted by molar-refractivity contribution is 7.98. The van der Waals surface area contributed by atoms with E-state index in [9.17, 15) is 9.59 Å². The first-order valence-corrected chi connectivity index (χ1v) is 10.2. The van der Waals surface area contributed by atoms with Crippen molar-refractivity contribution in [2.75, 3.05) is 0 Å². The zero-order valence-corrected chi connectivity index (χ0v) is 16.5. The first kappa shape index (κ1) is 18.4. The minimum absolute atomic E-state index is 0.0363. The first-order valence-electron chi connectivity index (χ1n) is 9.19. The molecule has 0 aliphatic rings. The number of thioether (sulfide) groups is 1. The van der Waals surface area contributed by atoms with Crippen LogP contribution in [0.1, 0.15) is 24.7 Å². The molecule has 0 aliphatic heterocycles. The van der Waals surface area contributed by atoms with Gasteiger partial charge in [-0.25, -0.2) is 9.97 Å². The van der Waals surface area contributed by atoms with E-state index in [1.165, 1.54) is 11.8 Å². The lowest BCUT2D eigenvalue weighted by molar-refractivity contribution is 0.584. The van der Waals surface area contributed by atoms with Crippen LogP contribution in [0.2, 0.25) is 0 Å². The standard InChI is InChI=1S/C21H20N4O2S/c1-3-11-25-20(27)14-8-4-5-10-16(14)22-21(25)28-12-17-23-18-13(2)7-6-9-15(18)19(26)24-17/h4-10H,3,11-12H2,1-2H3,(H,23,24,26). The van der Waals surface area contributed by atoms with E-state index in [2.05, 4.69) is 15.0 Å². The van der Waals surface area contributed by atoms with E-state index in [0.29, 0.717) is 45.1 Å². The smallest absolute Gasteiger partial charge is 0.262 e. The zero-order valence-electron chi connectivity index (χ0n) is 15.7. The Labute approximate surface area is 165 Å². The number of hydrogen-bond acceptors (Lipinski definition) is 5. The summed E-state index contributed by atoms with van der Waals surface area (Å²) >= 11 is 1.41. The summed E-state index contributed by atoms with van der Waals surface area (Å²) in [6.45, 7) is 4.57. The van der Waals surface area contributed by atoms with Gasteiger partial charge in [0.2, 0.25) is 0 Å². The van der Waals surface area contributed by atoms with Crippen molar-refractivity contribution in [1.29, 1.82) is 0 Å². The Morgan fingerprint density at radius 3 is 2.64 bits per heavy atom. The van der Waals surface area contributed by atoms with Gasteiger partial charge in [0.05, 0.1) is 27.6 Å². The molecule has 0 atom stereocenters. The van der Waals surface area contributed by atoms with E-state index in [1.807, 2.05) is 44.2 Å². The van der Waals surface area contributed by atoms with Crippen molar-refractivity contribution in [2.24, 2.45) is 0 Å². The van der Waals surface area contributed by atoms with E-state index in [0.717, 1.165) is 12.0 Å². The number of fused-ring (bicyclic) bond motifs is 2. The van der Waals surface area contributed by atoms with Gasteiger partial charge in [-0.05, 0) is 37.1 Å². The lowest BCUT2D eigenvalue weighted by Gasteiger charge is -2.12. The minimum Gasteiger partial charge on any atom is -0.309 e. The maximum absolute atomic E-state index is 12.9. The third-order valence-electron chi connectivity index (χ3n) is 4.60. The van der Waals surface area contributed by atoms with Gasteiger partial charge in [0.15, 0.2) is 5.16 Å². The van der Waals surface area contributed by atoms with Crippen molar-refractivity contribution < 1.29 is 0 Å². The Balaban J connectivity index is 1.74. The molecule has 0 radical (unpaired) electrons. The Hall–Kier alpha value is -2.93. The summed E-state index contributed by atoms with van der Waals surface area (Å²) in [6, 6.07) is 12.9. The molecule has 4 aromatic rings. The highest BCUT2D eigenvalue weighted by Gasteiger charge is 2.12. The molecule has 0 unspecified atom stereocenters. The molecule has 0 aliphatic carbocycles. The third kappa shape index (κ3) is 3.33. The number of para-hydroxylation sites is 2. The van der Waals surface area contributed by atoms with Crippen LogP contribution in [-0.4, -0.2) is 19.5 Å². The second-order valence-electron chi connectivity index (χ2n) is 6.64. The molecular formula is C21H20N4O2S. The van der Waals surface area contributed by atoms with Crippen LogP contribution in [-0.2, 0) is 12.3 Å². The van der Waals surface area contributed by atoms with Crippen LogP contribution in [0.15, 0.2) is 57.2 Å². The van der Waals surface area contributed by atoms with Gasteiger partial charge in [-0.3, -0.25) is 14.2 Å². The summed E-state index contributed by atoms with van der Waals surface area (Å²) in [4.78, 5) is 37.4. The van der Waals surface area contributed by atoms with Gasteiger partial charge < -0.3 is 4.98 Å². The quantitative estimate of drug-likeness (QED) is 0.414. The van der Waals surface area contributed by atoms with E-state index in [-0.39, 0.29) is 11.1 Å². The van der Waals surface area contributed by atoms with Crippen LogP contribution in [0.3, 0.4) is 0 Å². The van der Waals surface area contributed by atoms with Crippen LogP contribution < -0.4 is 11.1 Å². The number of aromatic nitrogens is 4. The van der Waals surface area contributed by atoms with Gasteiger partial charge in [-0.15, -0.1) is 0 Å². The highest BCUT2D eigenvalue weighted by atomic mass is 32.2. The maximum atomic E-state index is 12.9. The molecule has 0 spiro atoms. The van der Waals surface area contributed by atoms with Crippen LogP contribution in [0, 0.1) is 6.92 Å². The molecule has 2 heterocycles. The number of benzene rings is 2. The number of aryl methyl sites for hydroxylation is 1. The lowest BCUT2D eigenvalue weighted by atomic mass is 10.1. The van der Waals surface area contributed by atoms with Gasteiger partial charge in [-0.2, -0.15) is 0 Å². The molecule has 0 bridgehead atoms. The average Bonchev–Trinajstić information content (AvgIpc) is 2.70. The molecule has 0 saturated heterocycles. The summed E-state index contributed by atoms with van der Waals surface area (Å²) < 4.78 is 1.71. The van der Waals surface area contributed by atoms with Crippen molar-refractivity contribution >= 4 is 33.6 Å². The number of aromatic amines is 1. The van der Waals surface area contributed by atoms with Crippen LogP contribution >= 0.6 is 11.8 Å². The Morgan fingerprint density at radius 2 is 1.82 bits per heavy atom. The van der Waals surface area contributed by atoms with Crippen molar-refractivity contribution in [3.63, 3.8) is 0 Å². The number of nitrogens with one attached hydrogen (secondary N) is 1. The van der Waals surface area contributed by atoms with Gasteiger partial charge >= 0.3 is 0 Å². The fraction of sp³-hybridized carbons (Fsp3) is 0.238. The van der Waals surface area contributed by atoms with Crippen LogP contribution in [0.5, 0.6) is 0 Å². The van der Waals surface area contributed by atoms with E-state index >= 15 is 0 Å². The molecule has 4 rings (SSSR count). The number of rotatable bonds is 5. The van der Waals surface area contributed by atoms with E-state index < -0.39 is 0 Å². The topological polar surface area (TPSA) is 80.6 Å². The fourth-order valence-electron chi connectivity index (χ4n) is 3.23. The van der Waals surface area contributed by atoms with Crippen molar-refractivity contribution in [2.45, 2.75) is 37.7 Å². The number of nitrogens with zero attached hydrogens (tertiary/aromatic N) is 3. The molecule has 0 fully saturated rings. The van der Waals surface area contributed by atoms with Gasteiger partial charge in [0.25, 0.3) is 11.1 Å². The Bertz CT molecular complexity index is 1290. The lowest BCUT2D eigenvalue weighted by Crippen LogP contribution is -2.23. The van der Waals surface area contributed by atoms with Crippen molar-refractivity contribution in [1.82, 2.24) is 19.5 Å². The summed E-state index contributed by atoms with van der Waals surface area (Å²) in [5.41, 5.74) is 2.16. The zero-order chi connectivity index (χ0) is 19.7. The SMILES string of the molecule is CCCn1c(SCc2nc3c(C)cccc3c(=O)[nH]2)nc2ccccc2c1=O. The summed E-state index contributed by atoms with van der Waals surface area (Å²) in [5.74, 6) is 0.996. The Morgan fingerprint density at radius 1 is 1.04 bits per heavy atom. The number of H-pyrrole nitrogens is 1. The fourth-order valence-corrected chi connectivity index (χ4v) is 4.13. The predicted octanol–water partition coefficient (Wildman–Crippen LogP) is 3.64. The number of hydrogen-bond donors (Lipinski definition) is 1. The molecule has 142 valence electrons. The molecular weight excluding hydrogens is 372 g/mol. The van der Waals surface area contributed by atoms with Crippen LogP contribution in [0.25, 0.3) is 21.8 Å².